The van der Waals surface area contributed by atoms with Crippen LogP contribution in [0.1, 0.15) is 16.3 Å². The van der Waals surface area contributed by atoms with Crippen molar-refractivity contribution in [2.45, 2.75) is 12.8 Å². The number of ether oxygens (including phenoxy) is 1. The number of carboxylic acid groups (broad SMARTS) is 1. The van der Waals surface area contributed by atoms with Crippen LogP contribution in [0.25, 0.3) is 11.6 Å². The van der Waals surface area contributed by atoms with Gasteiger partial charge in [0, 0.05) is 0 Å². The summed E-state index contributed by atoms with van der Waals surface area (Å²) in [4.78, 5) is 20.6. The highest BCUT2D eigenvalue weighted by Crippen LogP contribution is 2.19. The standard InChI is InChI=1S/C9H7F3N4O4/c10-9(11,12)2-19-1-4-15-7(20-16-4)5-6(8(17)18)14-3-13-5/h3H,1-2H2,(H,13,14)(H,17,18). The minimum Gasteiger partial charge on any atom is -0.476 e. The Hall–Kier alpha value is -2.43. The van der Waals surface area contributed by atoms with Crippen molar-refractivity contribution in [3.05, 3.63) is 17.8 Å². The van der Waals surface area contributed by atoms with Gasteiger partial charge in [0.25, 0.3) is 5.89 Å². The molecule has 2 N–H and O–H groups in total. The summed E-state index contributed by atoms with van der Waals surface area (Å²) in [5.74, 6) is -1.66. The van der Waals surface area contributed by atoms with Crippen molar-refractivity contribution in [2.24, 2.45) is 0 Å². The Morgan fingerprint density at radius 1 is 1.50 bits per heavy atom. The molecule has 0 saturated carbocycles. The average molecular weight is 292 g/mol. The molecule has 0 atom stereocenters. The molecular weight excluding hydrogens is 285 g/mol. The zero-order valence-electron chi connectivity index (χ0n) is 9.64. The van der Waals surface area contributed by atoms with Gasteiger partial charge in [0.15, 0.2) is 11.5 Å². The van der Waals surface area contributed by atoms with Crippen molar-refractivity contribution >= 4 is 5.97 Å². The lowest BCUT2D eigenvalue weighted by Gasteiger charge is -2.04. The van der Waals surface area contributed by atoms with Crippen LogP contribution in [0.3, 0.4) is 0 Å². The van der Waals surface area contributed by atoms with Crippen LogP contribution >= 0.6 is 0 Å². The smallest absolute Gasteiger partial charge is 0.411 e. The van der Waals surface area contributed by atoms with Crippen LogP contribution in [-0.2, 0) is 11.3 Å². The number of aromatic nitrogens is 4. The van der Waals surface area contributed by atoms with E-state index in [9.17, 15) is 18.0 Å². The molecule has 108 valence electrons. The van der Waals surface area contributed by atoms with Crippen LogP contribution in [-0.4, -0.2) is 44.0 Å². The lowest BCUT2D eigenvalue weighted by atomic mass is 10.3. The summed E-state index contributed by atoms with van der Waals surface area (Å²) in [6.45, 7) is -1.96. The fraction of sp³-hybridized carbons (Fsp3) is 0.333. The summed E-state index contributed by atoms with van der Waals surface area (Å²) in [6.07, 6.45) is -3.34. The first-order chi connectivity index (χ1) is 9.37. The van der Waals surface area contributed by atoms with Crippen molar-refractivity contribution in [3.63, 3.8) is 0 Å². The molecule has 0 aromatic carbocycles. The maximum Gasteiger partial charge on any atom is 0.411 e. The number of carboxylic acids is 1. The van der Waals surface area contributed by atoms with Crippen molar-refractivity contribution in [1.82, 2.24) is 20.1 Å². The predicted octanol–water partition coefficient (Wildman–Crippen LogP) is 1.24. The molecule has 2 heterocycles. The van der Waals surface area contributed by atoms with Crippen LogP contribution < -0.4 is 0 Å². The van der Waals surface area contributed by atoms with Crippen LogP contribution in [0.2, 0.25) is 0 Å². The van der Waals surface area contributed by atoms with E-state index in [-0.39, 0.29) is 23.1 Å². The fourth-order valence-electron chi connectivity index (χ4n) is 1.29. The molecular formula is C9H7F3N4O4. The van der Waals surface area contributed by atoms with Gasteiger partial charge >= 0.3 is 12.1 Å². The second kappa shape index (κ2) is 5.28. The molecule has 11 heteroatoms. The van der Waals surface area contributed by atoms with Crippen LogP contribution in [0.4, 0.5) is 13.2 Å². The van der Waals surface area contributed by atoms with Crippen molar-refractivity contribution in [3.8, 4) is 11.6 Å². The SMILES string of the molecule is O=C(O)c1nc[nH]c1-c1nc(COCC(F)(F)F)no1. The lowest BCUT2D eigenvalue weighted by molar-refractivity contribution is -0.177. The zero-order valence-corrected chi connectivity index (χ0v) is 9.64. The molecule has 0 aliphatic rings. The van der Waals surface area contributed by atoms with Gasteiger partial charge in [0.05, 0.1) is 6.33 Å². The van der Waals surface area contributed by atoms with Crippen molar-refractivity contribution < 1.29 is 32.3 Å². The van der Waals surface area contributed by atoms with E-state index in [2.05, 4.69) is 24.8 Å². The Kier molecular flexibility index (Phi) is 3.70. The molecule has 2 aromatic rings. The van der Waals surface area contributed by atoms with E-state index in [1.54, 1.807) is 0 Å². The van der Waals surface area contributed by atoms with Gasteiger partial charge in [0.2, 0.25) is 0 Å². The predicted molar refractivity (Wildman–Crippen MR) is 54.5 cm³/mol. The summed E-state index contributed by atoms with van der Waals surface area (Å²) in [7, 11) is 0. The highest BCUT2D eigenvalue weighted by molar-refractivity contribution is 5.91. The summed E-state index contributed by atoms with van der Waals surface area (Å²) in [6, 6.07) is 0. The summed E-state index contributed by atoms with van der Waals surface area (Å²) in [5, 5.41) is 12.2. The Bertz CT molecular complexity index is 606. The average Bonchev–Trinajstić information content (AvgIpc) is 2.93. The quantitative estimate of drug-likeness (QED) is 0.851. The Labute approximate surface area is 108 Å². The molecule has 2 rings (SSSR count). The van der Waals surface area contributed by atoms with Crippen LogP contribution in [0, 0.1) is 0 Å². The van der Waals surface area contributed by atoms with Crippen LogP contribution in [0.5, 0.6) is 0 Å². The van der Waals surface area contributed by atoms with E-state index < -0.39 is 25.4 Å². The number of H-pyrrole nitrogens is 1. The highest BCUT2D eigenvalue weighted by Gasteiger charge is 2.28. The van der Waals surface area contributed by atoms with E-state index in [0.717, 1.165) is 6.33 Å². The van der Waals surface area contributed by atoms with Gasteiger partial charge in [-0.1, -0.05) is 5.16 Å². The molecule has 8 nitrogen and oxygen atoms in total. The van der Waals surface area contributed by atoms with Gasteiger partial charge in [-0.05, 0) is 0 Å². The number of halogens is 3. The molecule has 0 unspecified atom stereocenters. The van der Waals surface area contributed by atoms with Crippen molar-refractivity contribution in [2.75, 3.05) is 6.61 Å². The molecule has 0 spiro atoms. The van der Waals surface area contributed by atoms with E-state index in [1.807, 2.05) is 0 Å². The Morgan fingerprint density at radius 2 is 2.25 bits per heavy atom. The zero-order chi connectivity index (χ0) is 14.8. The molecule has 0 amide bonds. The summed E-state index contributed by atoms with van der Waals surface area (Å²) in [5.41, 5.74) is -0.372. The maximum absolute atomic E-state index is 11.9. The molecule has 0 aliphatic carbocycles. The van der Waals surface area contributed by atoms with Crippen LogP contribution in [0.15, 0.2) is 10.9 Å². The molecule has 0 fully saturated rings. The first kappa shape index (κ1) is 14.0. The lowest BCUT2D eigenvalue weighted by Crippen LogP contribution is -2.16. The number of nitrogens with zero attached hydrogens (tertiary/aromatic N) is 3. The Morgan fingerprint density at radius 3 is 2.90 bits per heavy atom. The number of rotatable bonds is 5. The molecule has 0 aliphatic heterocycles. The third-order valence-corrected chi connectivity index (χ3v) is 2.02. The molecule has 0 radical (unpaired) electrons. The number of carbonyl (C=O) groups is 1. The van der Waals surface area contributed by atoms with E-state index >= 15 is 0 Å². The second-order valence-electron chi connectivity index (χ2n) is 3.56. The number of aromatic amines is 1. The fourth-order valence-corrected chi connectivity index (χ4v) is 1.29. The Balaban J connectivity index is 2.05. The number of nitrogens with one attached hydrogen (secondary N) is 1. The number of aromatic carboxylic acids is 1. The molecule has 0 saturated heterocycles. The monoisotopic (exact) mass is 292 g/mol. The summed E-state index contributed by atoms with van der Waals surface area (Å²) >= 11 is 0. The van der Waals surface area contributed by atoms with Gasteiger partial charge in [-0.2, -0.15) is 18.2 Å². The summed E-state index contributed by atoms with van der Waals surface area (Å²) < 4.78 is 44.6. The minimum absolute atomic E-state index is 0.0351. The first-order valence-corrected chi connectivity index (χ1v) is 5.11. The molecule has 20 heavy (non-hydrogen) atoms. The highest BCUT2D eigenvalue weighted by atomic mass is 19.4. The first-order valence-electron chi connectivity index (χ1n) is 5.11. The third kappa shape index (κ3) is 3.32. The van der Waals surface area contributed by atoms with Gasteiger partial charge < -0.3 is 19.4 Å². The minimum atomic E-state index is -4.45. The topological polar surface area (TPSA) is 114 Å². The van der Waals surface area contributed by atoms with Gasteiger partial charge in [-0.3, -0.25) is 0 Å². The molecule has 0 bridgehead atoms. The van der Waals surface area contributed by atoms with E-state index in [4.69, 9.17) is 9.63 Å². The normalized spacial score (nSPS) is 11.8. The number of hydrogen-bond acceptors (Lipinski definition) is 6. The van der Waals surface area contributed by atoms with Gasteiger partial charge in [-0.25, -0.2) is 9.78 Å². The third-order valence-electron chi connectivity index (χ3n) is 2.02. The number of imidazole rings is 1. The van der Waals surface area contributed by atoms with E-state index in [1.165, 1.54) is 0 Å². The largest absolute Gasteiger partial charge is 0.476 e. The second-order valence-corrected chi connectivity index (χ2v) is 3.56. The number of alkyl halides is 3. The van der Waals surface area contributed by atoms with Gasteiger partial charge in [0.1, 0.15) is 18.9 Å². The maximum atomic E-state index is 11.9. The van der Waals surface area contributed by atoms with E-state index in [0.29, 0.717) is 0 Å². The number of hydrogen-bond donors (Lipinski definition) is 2. The van der Waals surface area contributed by atoms with Crippen molar-refractivity contribution in [1.29, 1.82) is 0 Å². The van der Waals surface area contributed by atoms with Gasteiger partial charge in [-0.15, -0.1) is 0 Å². The molecule has 2 aromatic heterocycles.